The van der Waals surface area contributed by atoms with Crippen molar-refractivity contribution in [2.45, 2.75) is 18.9 Å². The van der Waals surface area contributed by atoms with Crippen LogP contribution in [0.3, 0.4) is 0 Å². The Bertz CT molecular complexity index is 440. The van der Waals surface area contributed by atoms with E-state index in [2.05, 4.69) is 32.7 Å². The number of nitrogens with one attached hydrogen (secondary N) is 1. The Morgan fingerprint density at radius 3 is 2.57 bits per heavy atom. The average Bonchev–Trinajstić information content (AvgIpc) is 2.44. The summed E-state index contributed by atoms with van der Waals surface area (Å²) >= 11 is 3.21. The maximum absolute atomic E-state index is 13.7. The molecule has 0 unspecified atom stereocenters. The van der Waals surface area contributed by atoms with Crippen LogP contribution in [0.25, 0.3) is 0 Å². The fourth-order valence-electron chi connectivity index (χ4n) is 2.55. The van der Waals surface area contributed by atoms with Crippen molar-refractivity contribution in [2.75, 3.05) is 26.2 Å². The predicted octanol–water partition coefficient (Wildman–Crippen LogP) is 4.34. The zero-order chi connectivity index (χ0) is 13.7. The van der Waals surface area contributed by atoms with Gasteiger partial charge < -0.3 is 5.32 Å². The lowest BCUT2D eigenvalue weighted by Crippen LogP contribution is -2.45. The lowest BCUT2D eigenvalue weighted by molar-refractivity contribution is 0.166. The number of hydrogen-bond donors (Lipinski definition) is 1. The molecule has 1 saturated heterocycles. The summed E-state index contributed by atoms with van der Waals surface area (Å²) in [6.45, 7) is 7.82. The van der Waals surface area contributed by atoms with E-state index in [0.717, 1.165) is 44.6 Å². The zero-order valence-corrected chi connectivity index (χ0v) is 15.1. The van der Waals surface area contributed by atoms with Crippen molar-refractivity contribution >= 4 is 40.7 Å². The Balaban J connectivity index is 0.00000200. The number of piperazine rings is 1. The van der Waals surface area contributed by atoms with Gasteiger partial charge in [-0.25, -0.2) is 4.39 Å². The second kappa shape index (κ2) is 10.6. The van der Waals surface area contributed by atoms with Crippen molar-refractivity contribution < 1.29 is 4.39 Å². The summed E-state index contributed by atoms with van der Waals surface area (Å²) in [5.41, 5.74) is 1.06. The van der Waals surface area contributed by atoms with Gasteiger partial charge in [-0.05, 0) is 46.5 Å². The van der Waals surface area contributed by atoms with Gasteiger partial charge >= 0.3 is 0 Å². The van der Waals surface area contributed by atoms with E-state index in [1.54, 1.807) is 12.1 Å². The van der Waals surface area contributed by atoms with Gasteiger partial charge in [0, 0.05) is 32.2 Å². The van der Waals surface area contributed by atoms with E-state index >= 15 is 0 Å². The molecular weight excluding hydrogens is 378 g/mol. The normalized spacial score (nSPS) is 16.5. The van der Waals surface area contributed by atoms with Crippen LogP contribution in [0.5, 0.6) is 0 Å². The van der Waals surface area contributed by atoms with Crippen molar-refractivity contribution in [3.05, 3.63) is 46.7 Å². The molecule has 1 aromatic carbocycles. The molecule has 0 amide bonds. The average molecular weight is 400 g/mol. The van der Waals surface area contributed by atoms with Crippen LogP contribution in [-0.2, 0) is 0 Å². The van der Waals surface area contributed by atoms with E-state index in [1.165, 1.54) is 0 Å². The van der Waals surface area contributed by atoms with Gasteiger partial charge in [0.05, 0.1) is 4.47 Å². The molecule has 0 radical (unpaired) electrons. The number of hydrogen-bond acceptors (Lipinski definition) is 2. The minimum atomic E-state index is -0.184. The first-order valence-electron chi connectivity index (χ1n) is 6.73. The molecule has 2 nitrogen and oxygen atoms in total. The third-order valence-corrected chi connectivity index (χ3v) is 4.21. The number of rotatable bonds is 5. The lowest BCUT2D eigenvalue weighted by atomic mass is 9.99. The van der Waals surface area contributed by atoms with Crippen LogP contribution in [0, 0.1) is 5.82 Å². The second-order valence-electron chi connectivity index (χ2n) is 4.84. The molecule has 1 heterocycles. The van der Waals surface area contributed by atoms with Gasteiger partial charge in [0.15, 0.2) is 0 Å². The quantitative estimate of drug-likeness (QED) is 0.740. The van der Waals surface area contributed by atoms with E-state index in [1.807, 2.05) is 12.1 Å². The minimum Gasteiger partial charge on any atom is -0.314 e. The Hall–Kier alpha value is -0.130. The molecule has 120 valence electrons. The summed E-state index contributed by atoms with van der Waals surface area (Å²) < 4.78 is 14.3. The van der Waals surface area contributed by atoms with Crippen LogP contribution < -0.4 is 5.32 Å². The molecule has 0 saturated carbocycles. The maximum Gasteiger partial charge on any atom is 0.137 e. The Labute approximate surface area is 147 Å². The van der Waals surface area contributed by atoms with Crippen molar-refractivity contribution in [2.24, 2.45) is 0 Å². The predicted molar refractivity (Wildman–Crippen MR) is 95.2 cm³/mol. The summed E-state index contributed by atoms with van der Waals surface area (Å²) in [7, 11) is 0. The van der Waals surface area contributed by atoms with Gasteiger partial charge in [0.25, 0.3) is 0 Å². The summed E-state index contributed by atoms with van der Waals surface area (Å²) in [6, 6.07) is 5.75. The Morgan fingerprint density at radius 2 is 2.00 bits per heavy atom. The molecule has 1 fully saturated rings. The van der Waals surface area contributed by atoms with Crippen LogP contribution in [0.2, 0.25) is 0 Å². The van der Waals surface area contributed by atoms with Gasteiger partial charge in [-0.15, -0.1) is 31.4 Å². The maximum atomic E-state index is 13.7. The van der Waals surface area contributed by atoms with Crippen LogP contribution in [0.15, 0.2) is 35.3 Å². The molecule has 0 aliphatic carbocycles. The van der Waals surface area contributed by atoms with E-state index in [9.17, 15) is 4.39 Å². The van der Waals surface area contributed by atoms with E-state index in [4.69, 9.17) is 0 Å². The third kappa shape index (κ3) is 5.87. The monoisotopic (exact) mass is 398 g/mol. The molecule has 2 rings (SSSR count). The zero-order valence-electron chi connectivity index (χ0n) is 11.9. The Kier molecular flexibility index (Phi) is 10.5. The van der Waals surface area contributed by atoms with Gasteiger partial charge in [-0.1, -0.05) is 12.1 Å². The summed E-state index contributed by atoms with van der Waals surface area (Å²) in [4.78, 5) is 2.43. The standard InChI is InChI=1S/C15H20BrFN2.2ClH/c1-2-3-4-15(19-9-7-18-8-10-19)12-5-6-13(16)14(17)11-12;;/h2,5-6,11,15,18H,1,3-4,7-10H2;2*1H/t15-;;/m0../s1. The van der Waals surface area contributed by atoms with E-state index < -0.39 is 0 Å². The van der Waals surface area contributed by atoms with Crippen molar-refractivity contribution in [1.29, 1.82) is 0 Å². The second-order valence-corrected chi connectivity index (χ2v) is 5.70. The summed E-state index contributed by atoms with van der Waals surface area (Å²) in [5, 5.41) is 3.35. The first-order chi connectivity index (χ1) is 9.22. The summed E-state index contributed by atoms with van der Waals surface area (Å²) in [5.74, 6) is -0.184. The van der Waals surface area contributed by atoms with Gasteiger partial charge in [0.2, 0.25) is 0 Å². The minimum absolute atomic E-state index is 0. The highest BCUT2D eigenvalue weighted by atomic mass is 79.9. The highest BCUT2D eigenvalue weighted by Gasteiger charge is 2.22. The van der Waals surface area contributed by atoms with Gasteiger partial charge in [-0.2, -0.15) is 0 Å². The fraction of sp³-hybridized carbons (Fsp3) is 0.467. The van der Waals surface area contributed by atoms with E-state index in [0.29, 0.717) is 4.47 Å². The summed E-state index contributed by atoms with van der Waals surface area (Å²) in [6.07, 6.45) is 3.88. The smallest absolute Gasteiger partial charge is 0.137 e. The molecule has 1 aliphatic heterocycles. The highest BCUT2D eigenvalue weighted by molar-refractivity contribution is 9.10. The fourth-order valence-corrected chi connectivity index (χ4v) is 2.80. The molecular formula is C15H22BrCl2FN2. The molecule has 1 aliphatic rings. The Morgan fingerprint density at radius 1 is 1.33 bits per heavy atom. The largest absolute Gasteiger partial charge is 0.314 e. The molecule has 1 aromatic rings. The van der Waals surface area contributed by atoms with Crippen LogP contribution in [0.4, 0.5) is 4.39 Å². The number of benzene rings is 1. The number of nitrogens with zero attached hydrogens (tertiary/aromatic N) is 1. The van der Waals surface area contributed by atoms with Gasteiger partial charge in [-0.3, -0.25) is 4.90 Å². The van der Waals surface area contributed by atoms with Crippen molar-refractivity contribution in [3.63, 3.8) is 0 Å². The van der Waals surface area contributed by atoms with Crippen LogP contribution in [0.1, 0.15) is 24.4 Å². The topological polar surface area (TPSA) is 15.3 Å². The number of halogens is 4. The molecule has 0 spiro atoms. The van der Waals surface area contributed by atoms with Crippen molar-refractivity contribution in [3.8, 4) is 0 Å². The molecule has 0 bridgehead atoms. The van der Waals surface area contributed by atoms with Crippen LogP contribution in [-0.4, -0.2) is 31.1 Å². The van der Waals surface area contributed by atoms with Crippen LogP contribution >= 0.6 is 40.7 Å². The number of allylic oxidation sites excluding steroid dienone is 1. The lowest BCUT2D eigenvalue weighted by Gasteiger charge is -2.35. The molecule has 6 heteroatoms. The molecule has 1 atom stereocenters. The molecule has 1 N–H and O–H groups in total. The van der Waals surface area contributed by atoms with Gasteiger partial charge in [0.1, 0.15) is 5.82 Å². The SMILES string of the molecule is C=CCC[C@@H](c1ccc(Br)c(F)c1)N1CCNCC1.Cl.Cl. The molecule has 21 heavy (non-hydrogen) atoms. The first kappa shape index (κ1) is 20.9. The van der Waals surface area contributed by atoms with E-state index in [-0.39, 0.29) is 36.7 Å². The molecule has 0 aromatic heterocycles. The van der Waals surface area contributed by atoms with Crippen molar-refractivity contribution in [1.82, 2.24) is 10.2 Å². The first-order valence-corrected chi connectivity index (χ1v) is 7.52. The highest BCUT2D eigenvalue weighted by Crippen LogP contribution is 2.28. The third-order valence-electron chi connectivity index (χ3n) is 3.57.